The van der Waals surface area contributed by atoms with E-state index in [9.17, 15) is 4.79 Å². The molecule has 0 saturated carbocycles. The second-order valence-corrected chi connectivity index (χ2v) is 7.94. The van der Waals surface area contributed by atoms with Crippen molar-refractivity contribution in [2.75, 3.05) is 12.4 Å². The third-order valence-electron chi connectivity index (χ3n) is 4.85. The number of amides is 1. The zero-order valence-electron chi connectivity index (χ0n) is 16.4. The largest absolute Gasteiger partial charge is 0.497 e. The van der Waals surface area contributed by atoms with E-state index in [4.69, 9.17) is 4.74 Å². The van der Waals surface area contributed by atoms with Gasteiger partial charge in [0.25, 0.3) is 5.91 Å². The van der Waals surface area contributed by atoms with Crippen LogP contribution in [0.4, 0.5) is 5.82 Å². The molecule has 1 N–H and O–H groups in total. The molecule has 0 saturated heterocycles. The maximum Gasteiger partial charge on any atom is 0.256 e. The molecule has 1 amide bonds. The summed E-state index contributed by atoms with van der Waals surface area (Å²) in [6, 6.07) is 21.2. The molecule has 2 aromatic heterocycles. The highest BCUT2D eigenvalue weighted by Crippen LogP contribution is 2.30. The minimum Gasteiger partial charge on any atom is -0.497 e. The van der Waals surface area contributed by atoms with Crippen molar-refractivity contribution in [3.05, 3.63) is 78.0 Å². The molecule has 0 unspecified atom stereocenters. The summed E-state index contributed by atoms with van der Waals surface area (Å²) >= 11 is 1.50. The second-order valence-electron chi connectivity index (χ2n) is 6.93. The van der Waals surface area contributed by atoms with Crippen LogP contribution in [0, 0.1) is 6.92 Å². The SMILES string of the molecule is COc1ccc2sc(-n3nc(C)cc3NC(=O)c3ccc4ccccc4c3)nc2c1. The van der Waals surface area contributed by atoms with E-state index >= 15 is 0 Å². The van der Waals surface area contributed by atoms with Crippen molar-refractivity contribution >= 4 is 44.1 Å². The van der Waals surface area contributed by atoms with Crippen LogP contribution >= 0.6 is 11.3 Å². The molecule has 0 atom stereocenters. The molecule has 7 heteroatoms. The summed E-state index contributed by atoms with van der Waals surface area (Å²) in [5, 5.41) is 10.3. The highest BCUT2D eigenvalue weighted by atomic mass is 32.1. The Labute approximate surface area is 176 Å². The van der Waals surface area contributed by atoms with Crippen LogP contribution in [0.5, 0.6) is 5.75 Å². The highest BCUT2D eigenvalue weighted by Gasteiger charge is 2.16. The van der Waals surface area contributed by atoms with Crippen LogP contribution in [0.3, 0.4) is 0 Å². The Bertz CT molecular complexity index is 1400. The van der Waals surface area contributed by atoms with Crippen LogP contribution in [0.25, 0.3) is 26.1 Å². The summed E-state index contributed by atoms with van der Waals surface area (Å²) < 4.78 is 7.97. The standard InChI is InChI=1S/C23H18N4O2S/c1-14-11-21(25-22(28)17-8-7-15-5-3-4-6-16(15)12-17)27(26-14)23-24-19-13-18(29-2)9-10-20(19)30-23/h3-13H,1-2H3,(H,25,28). The van der Waals surface area contributed by atoms with Crippen molar-refractivity contribution in [2.45, 2.75) is 6.92 Å². The average Bonchev–Trinajstić information content (AvgIpc) is 3.35. The summed E-state index contributed by atoms with van der Waals surface area (Å²) in [6.07, 6.45) is 0. The lowest BCUT2D eigenvalue weighted by Crippen LogP contribution is -2.15. The number of hydrogen-bond donors (Lipinski definition) is 1. The molecule has 0 aliphatic rings. The molecule has 0 spiro atoms. The smallest absolute Gasteiger partial charge is 0.256 e. The van der Waals surface area contributed by atoms with Crippen LogP contribution < -0.4 is 10.1 Å². The van der Waals surface area contributed by atoms with Gasteiger partial charge in [-0.1, -0.05) is 41.7 Å². The van der Waals surface area contributed by atoms with Gasteiger partial charge in [-0.05, 0) is 42.0 Å². The predicted octanol–water partition coefficient (Wildman–Crippen LogP) is 5.20. The summed E-state index contributed by atoms with van der Waals surface area (Å²) in [7, 11) is 1.63. The number of benzene rings is 3. The molecule has 2 heterocycles. The summed E-state index contributed by atoms with van der Waals surface area (Å²) in [5.41, 5.74) is 2.21. The minimum atomic E-state index is -0.190. The molecule has 0 aliphatic carbocycles. The molecule has 0 fully saturated rings. The van der Waals surface area contributed by atoms with Gasteiger partial charge in [0.1, 0.15) is 11.6 Å². The number of carbonyl (C=O) groups excluding carboxylic acids is 1. The van der Waals surface area contributed by atoms with E-state index in [0.29, 0.717) is 16.5 Å². The fraction of sp³-hybridized carbons (Fsp3) is 0.0870. The lowest BCUT2D eigenvalue weighted by atomic mass is 10.1. The Hall–Kier alpha value is -3.71. The van der Waals surface area contributed by atoms with Crippen LogP contribution in [-0.4, -0.2) is 27.8 Å². The van der Waals surface area contributed by atoms with Gasteiger partial charge in [-0.2, -0.15) is 9.78 Å². The zero-order valence-corrected chi connectivity index (χ0v) is 17.2. The van der Waals surface area contributed by atoms with Gasteiger partial charge in [0.15, 0.2) is 0 Å². The van der Waals surface area contributed by atoms with Gasteiger partial charge in [-0.3, -0.25) is 4.79 Å². The van der Waals surface area contributed by atoms with Gasteiger partial charge in [-0.15, -0.1) is 0 Å². The van der Waals surface area contributed by atoms with Crippen LogP contribution in [0.2, 0.25) is 0 Å². The maximum absolute atomic E-state index is 12.9. The molecule has 0 aliphatic heterocycles. The molecule has 0 bridgehead atoms. The number of aromatic nitrogens is 3. The maximum atomic E-state index is 12.9. The van der Waals surface area contributed by atoms with Gasteiger partial charge in [0.2, 0.25) is 5.13 Å². The van der Waals surface area contributed by atoms with E-state index in [1.54, 1.807) is 11.8 Å². The molecule has 5 aromatic rings. The van der Waals surface area contributed by atoms with Crippen molar-refractivity contribution in [1.29, 1.82) is 0 Å². The van der Waals surface area contributed by atoms with Gasteiger partial charge in [-0.25, -0.2) is 4.98 Å². The molecule has 148 valence electrons. The molecule has 3 aromatic carbocycles. The number of rotatable bonds is 4. The third kappa shape index (κ3) is 3.29. The summed E-state index contributed by atoms with van der Waals surface area (Å²) in [6.45, 7) is 1.89. The van der Waals surface area contributed by atoms with Crippen LogP contribution in [-0.2, 0) is 0 Å². The topological polar surface area (TPSA) is 69.0 Å². The number of ether oxygens (including phenoxy) is 1. The first kappa shape index (κ1) is 18.3. The van der Waals surface area contributed by atoms with E-state index in [-0.39, 0.29) is 5.91 Å². The molecular weight excluding hydrogens is 396 g/mol. The Morgan fingerprint density at radius 2 is 1.87 bits per heavy atom. The van der Waals surface area contributed by atoms with Gasteiger partial charge >= 0.3 is 0 Å². The first-order valence-corrected chi connectivity index (χ1v) is 10.2. The lowest BCUT2D eigenvalue weighted by Gasteiger charge is -2.07. The number of carbonyl (C=O) groups is 1. The highest BCUT2D eigenvalue weighted by molar-refractivity contribution is 7.20. The van der Waals surface area contributed by atoms with E-state index in [1.807, 2.05) is 73.7 Å². The first-order chi connectivity index (χ1) is 14.6. The zero-order chi connectivity index (χ0) is 20.7. The minimum absolute atomic E-state index is 0.190. The van der Waals surface area contributed by atoms with E-state index in [0.717, 1.165) is 32.4 Å². The van der Waals surface area contributed by atoms with Gasteiger partial charge < -0.3 is 10.1 Å². The molecule has 5 rings (SSSR count). The van der Waals surface area contributed by atoms with Crippen molar-refractivity contribution in [3.8, 4) is 10.9 Å². The number of fused-ring (bicyclic) bond motifs is 2. The summed E-state index contributed by atoms with van der Waals surface area (Å²) in [4.78, 5) is 17.6. The van der Waals surface area contributed by atoms with Crippen molar-refractivity contribution in [1.82, 2.24) is 14.8 Å². The number of thiazole rings is 1. The second kappa shape index (κ2) is 7.27. The average molecular weight is 414 g/mol. The number of nitrogens with zero attached hydrogens (tertiary/aromatic N) is 3. The van der Waals surface area contributed by atoms with Gasteiger partial charge in [0.05, 0.1) is 23.0 Å². The molecular formula is C23H18N4O2S. The molecule has 30 heavy (non-hydrogen) atoms. The number of methoxy groups -OCH3 is 1. The van der Waals surface area contributed by atoms with Crippen molar-refractivity contribution in [3.63, 3.8) is 0 Å². The Morgan fingerprint density at radius 1 is 1.03 bits per heavy atom. The quantitative estimate of drug-likeness (QED) is 0.439. The predicted molar refractivity (Wildman–Crippen MR) is 120 cm³/mol. The number of aryl methyl sites for hydroxylation is 1. The Morgan fingerprint density at radius 3 is 2.70 bits per heavy atom. The fourth-order valence-electron chi connectivity index (χ4n) is 3.37. The van der Waals surface area contributed by atoms with Crippen molar-refractivity contribution in [2.24, 2.45) is 0 Å². The monoisotopic (exact) mass is 414 g/mol. The summed E-state index contributed by atoms with van der Waals surface area (Å²) in [5.74, 6) is 1.14. The van der Waals surface area contributed by atoms with Crippen LogP contribution in [0.15, 0.2) is 66.7 Å². The Kier molecular flexibility index (Phi) is 4.44. The lowest BCUT2D eigenvalue weighted by molar-refractivity contribution is 0.102. The normalized spacial score (nSPS) is 11.1. The van der Waals surface area contributed by atoms with Crippen LogP contribution in [0.1, 0.15) is 16.1 Å². The van der Waals surface area contributed by atoms with Gasteiger partial charge in [0, 0.05) is 17.7 Å². The number of nitrogens with one attached hydrogen (secondary N) is 1. The Balaban J connectivity index is 1.49. The van der Waals surface area contributed by atoms with E-state index in [2.05, 4.69) is 15.4 Å². The third-order valence-corrected chi connectivity index (χ3v) is 5.86. The fourth-order valence-corrected chi connectivity index (χ4v) is 4.28. The van der Waals surface area contributed by atoms with E-state index < -0.39 is 0 Å². The first-order valence-electron chi connectivity index (χ1n) is 9.42. The number of anilines is 1. The molecule has 0 radical (unpaired) electrons. The van der Waals surface area contributed by atoms with Crippen molar-refractivity contribution < 1.29 is 9.53 Å². The molecule has 6 nitrogen and oxygen atoms in total. The van der Waals surface area contributed by atoms with E-state index in [1.165, 1.54) is 11.3 Å². The number of hydrogen-bond acceptors (Lipinski definition) is 5.